The van der Waals surface area contributed by atoms with Crippen LogP contribution in [0.5, 0.6) is 0 Å². The number of imidazole rings is 1. The van der Waals surface area contributed by atoms with Crippen LogP contribution < -0.4 is 11.1 Å². The molecule has 0 aliphatic heterocycles. The van der Waals surface area contributed by atoms with Crippen molar-refractivity contribution < 1.29 is 0 Å². The van der Waals surface area contributed by atoms with E-state index in [0.717, 1.165) is 58.4 Å². The Morgan fingerprint density at radius 3 is 2.72 bits per heavy atom. The molecule has 3 N–H and O–H groups in total. The van der Waals surface area contributed by atoms with Gasteiger partial charge in [0.1, 0.15) is 11.3 Å². The number of nitrogens with one attached hydrogen (secondary N) is 1. The van der Waals surface area contributed by atoms with E-state index in [1.165, 1.54) is 0 Å². The fraction of sp³-hybridized carbons (Fsp3) is 0.273. The van der Waals surface area contributed by atoms with E-state index >= 15 is 0 Å². The van der Waals surface area contributed by atoms with Gasteiger partial charge in [0, 0.05) is 28.4 Å². The van der Waals surface area contributed by atoms with Crippen molar-refractivity contribution in [2.45, 2.75) is 13.3 Å². The molecule has 0 unspecified atom stereocenters. The molecule has 4 aromatic rings. The van der Waals surface area contributed by atoms with E-state index in [9.17, 15) is 0 Å². The minimum atomic E-state index is 0.450. The summed E-state index contributed by atoms with van der Waals surface area (Å²) in [4.78, 5) is 11.2. The van der Waals surface area contributed by atoms with E-state index < -0.39 is 0 Å². The first kappa shape index (κ1) is 19.5. The van der Waals surface area contributed by atoms with E-state index in [1.807, 2.05) is 16.5 Å². The molecule has 7 heteroatoms. The first-order chi connectivity index (χ1) is 14.0. The van der Waals surface area contributed by atoms with Gasteiger partial charge in [0.05, 0.1) is 23.6 Å². The van der Waals surface area contributed by atoms with E-state index in [-0.39, 0.29) is 0 Å². The number of hydrogen-bond donors (Lipinski definition) is 2. The third kappa shape index (κ3) is 3.61. The third-order valence-corrected chi connectivity index (χ3v) is 5.43. The lowest BCUT2D eigenvalue weighted by atomic mass is 9.97. The smallest absolute Gasteiger partial charge is 0.150 e. The highest BCUT2D eigenvalue weighted by Crippen LogP contribution is 2.41. The summed E-state index contributed by atoms with van der Waals surface area (Å²) >= 11 is 6.66. The minimum Gasteiger partial charge on any atom is -0.384 e. The molecule has 0 saturated carbocycles. The molecule has 2 aromatic carbocycles. The summed E-state index contributed by atoms with van der Waals surface area (Å²) in [6.45, 7) is 3.93. The van der Waals surface area contributed by atoms with Crippen molar-refractivity contribution in [3.05, 3.63) is 53.4 Å². The van der Waals surface area contributed by atoms with Gasteiger partial charge in [-0.2, -0.15) is 0 Å². The first-order valence-electron chi connectivity index (χ1n) is 9.65. The SMILES string of the molecule is Cc1cccc(Cl)c1-c1c(NCCCN(C)C)ccc2c1nc(N)c1cncn12. The predicted octanol–water partition coefficient (Wildman–Crippen LogP) is 4.46. The molecule has 0 bridgehead atoms. The van der Waals surface area contributed by atoms with Gasteiger partial charge >= 0.3 is 0 Å². The van der Waals surface area contributed by atoms with E-state index in [0.29, 0.717) is 10.8 Å². The lowest BCUT2D eigenvalue weighted by molar-refractivity contribution is 0.405. The Labute approximate surface area is 175 Å². The van der Waals surface area contributed by atoms with Crippen molar-refractivity contribution in [1.29, 1.82) is 0 Å². The van der Waals surface area contributed by atoms with Crippen LogP contribution in [-0.2, 0) is 0 Å². The second kappa shape index (κ2) is 7.89. The zero-order valence-corrected chi connectivity index (χ0v) is 17.7. The largest absolute Gasteiger partial charge is 0.384 e. The minimum absolute atomic E-state index is 0.450. The van der Waals surface area contributed by atoms with Crippen molar-refractivity contribution in [3.8, 4) is 11.1 Å². The van der Waals surface area contributed by atoms with Gasteiger partial charge in [-0.25, -0.2) is 9.97 Å². The number of rotatable bonds is 6. The normalized spacial score (nSPS) is 11.6. The van der Waals surface area contributed by atoms with Crippen LogP contribution in [0.15, 0.2) is 42.9 Å². The number of anilines is 2. The first-order valence-corrected chi connectivity index (χ1v) is 10.0. The van der Waals surface area contributed by atoms with E-state index in [4.69, 9.17) is 22.3 Å². The van der Waals surface area contributed by atoms with Crippen molar-refractivity contribution in [2.24, 2.45) is 0 Å². The molecular formula is C22H25ClN6. The van der Waals surface area contributed by atoms with Crippen LogP contribution in [0, 0.1) is 6.92 Å². The summed E-state index contributed by atoms with van der Waals surface area (Å²) in [7, 11) is 4.16. The Morgan fingerprint density at radius 1 is 1.14 bits per heavy atom. The fourth-order valence-corrected chi connectivity index (χ4v) is 4.03. The number of nitrogen functional groups attached to an aromatic ring is 1. The van der Waals surface area contributed by atoms with Crippen molar-refractivity contribution in [2.75, 3.05) is 38.2 Å². The number of hydrogen-bond acceptors (Lipinski definition) is 5. The topological polar surface area (TPSA) is 71.5 Å². The standard InChI is InChI=1S/C22H25ClN6/c1-14-6-4-7-15(23)19(14)20-16(26-10-5-11-28(2)3)8-9-17-21(20)27-22(24)18-12-25-13-29(17)18/h4,6-9,12-13,26H,5,10-11H2,1-3H3,(H2,24,27). The predicted molar refractivity (Wildman–Crippen MR) is 122 cm³/mol. The van der Waals surface area contributed by atoms with Gasteiger partial charge in [-0.3, -0.25) is 4.40 Å². The van der Waals surface area contributed by atoms with E-state index in [1.54, 1.807) is 12.5 Å². The lowest BCUT2D eigenvalue weighted by Crippen LogP contribution is -2.16. The van der Waals surface area contributed by atoms with E-state index in [2.05, 4.69) is 54.4 Å². The fourth-order valence-electron chi connectivity index (χ4n) is 3.71. The third-order valence-electron chi connectivity index (χ3n) is 5.12. The molecule has 0 atom stereocenters. The molecule has 0 amide bonds. The molecule has 0 aliphatic carbocycles. The Balaban J connectivity index is 1.94. The highest BCUT2D eigenvalue weighted by Gasteiger charge is 2.18. The molecule has 0 spiro atoms. The average molecular weight is 409 g/mol. The van der Waals surface area contributed by atoms with Crippen LogP contribution in [0.25, 0.3) is 27.7 Å². The molecule has 150 valence electrons. The Hall–Kier alpha value is -2.83. The summed E-state index contributed by atoms with van der Waals surface area (Å²) in [5.41, 5.74) is 12.8. The number of halogens is 1. The highest BCUT2D eigenvalue weighted by molar-refractivity contribution is 6.34. The monoisotopic (exact) mass is 408 g/mol. The van der Waals surface area contributed by atoms with Crippen molar-refractivity contribution >= 4 is 39.7 Å². The van der Waals surface area contributed by atoms with Crippen LogP contribution in [0.3, 0.4) is 0 Å². The number of aryl methyl sites for hydroxylation is 1. The molecule has 2 aromatic heterocycles. The average Bonchev–Trinajstić information content (AvgIpc) is 3.17. The highest BCUT2D eigenvalue weighted by atomic mass is 35.5. The van der Waals surface area contributed by atoms with Crippen LogP contribution >= 0.6 is 11.6 Å². The number of aromatic nitrogens is 3. The molecule has 4 rings (SSSR count). The van der Waals surface area contributed by atoms with Crippen LogP contribution in [0.2, 0.25) is 5.02 Å². The van der Waals surface area contributed by atoms with Gasteiger partial charge in [-0.1, -0.05) is 23.7 Å². The molecule has 29 heavy (non-hydrogen) atoms. The molecule has 0 saturated heterocycles. The summed E-state index contributed by atoms with van der Waals surface area (Å²) < 4.78 is 1.98. The second-order valence-electron chi connectivity index (χ2n) is 7.52. The van der Waals surface area contributed by atoms with Crippen molar-refractivity contribution in [1.82, 2.24) is 19.3 Å². The van der Waals surface area contributed by atoms with Gasteiger partial charge in [-0.05, 0) is 57.7 Å². The Morgan fingerprint density at radius 2 is 1.97 bits per heavy atom. The summed E-state index contributed by atoms with van der Waals surface area (Å²) in [6, 6.07) is 10.1. The number of nitrogens with two attached hydrogens (primary N) is 1. The van der Waals surface area contributed by atoms with Gasteiger partial charge in [0.15, 0.2) is 0 Å². The van der Waals surface area contributed by atoms with Crippen LogP contribution in [0.1, 0.15) is 12.0 Å². The summed E-state index contributed by atoms with van der Waals surface area (Å²) in [5, 5.41) is 4.28. The maximum Gasteiger partial charge on any atom is 0.150 e. The molecule has 0 fully saturated rings. The van der Waals surface area contributed by atoms with Crippen molar-refractivity contribution in [3.63, 3.8) is 0 Å². The molecule has 2 heterocycles. The lowest BCUT2D eigenvalue weighted by Gasteiger charge is -2.19. The molecular weight excluding hydrogens is 384 g/mol. The number of fused-ring (bicyclic) bond motifs is 3. The summed E-state index contributed by atoms with van der Waals surface area (Å²) in [5.74, 6) is 0.450. The van der Waals surface area contributed by atoms with Crippen LogP contribution in [0.4, 0.5) is 11.5 Å². The van der Waals surface area contributed by atoms with Gasteiger partial charge in [0.25, 0.3) is 0 Å². The molecule has 6 nitrogen and oxygen atoms in total. The number of nitrogens with zero attached hydrogens (tertiary/aromatic N) is 4. The maximum absolute atomic E-state index is 6.66. The quantitative estimate of drug-likeness (QED) is 0.461. The van der Waals surface area contributed by atoms with Gasteiger partial charge < -0.3 is 16.0 Å². The second-order valence-corrected chi connectivity index (χ2v) is 7.92. The summed E-state index contributed by atoms with van der Waals surface area (Å²) in [6.07, 6.45) is 4.53. The zero-order valence-electron chi connectivity index (χ0n) is 16.9. The van der Waals surface area contributed by atoms with Crippen LogP contribution in [-0.4, -0.2) is 46.5 Å². The maximum atomic E-state index is 6.66. The Bertz CT molecular complexity index is 1160. The molecule has 0 aliphatic rings. The Kier molecular flexibility index (Phi) is 5.30. The number of benzene rings is 2. The van der Waals surface area contributed by atoms with Gasteiger partial charge in [0.2, 0.25) is 0 Å². The van der Waals surface area contributed by atoms with Gasteiger partial charge in [-0.15, -0.1) is 0 Å². The molecule has 0 radical (unpaired) electrons. The zero-order chi connectivity index (χ0) is 20.5.